The molecule has 4 N–H and O–H groups in total. The molecule has 1 amide bonds. The van der Waals surface area contributed by atoms with Gasteiger partial charge in [-0.1, -0.05) is 0 Å². The molecule has 0 saturated carbocycles. The zero-order chi connectivity index (χ0) is 18.5. The summed E-state index contributed by atoms with van der Waals surface area (Å²) < 4.78 is 0. The second-order valence-electron chi connectivity index (χ2n) is 6.41. The van der Waals surface area contributed by atoms with E-state index in [1.165, 1.54) is 0 Å². The summed E-state index contributed by atoms with van der Waals surface area (Å²) in [5.41, 5.74) is 7.83. The summed E-state index contributed by atoms with van der Waals surface area (Å²) in [7, 11) is 0. The number of pyridine rings is 1. The zero-order valence-electron chi connectivity index (χ0n) is 14.5. The topological polar surface area (TPSA) is 125 Å². The summed E-state index contributed by atoms with van der Waals surface area (Å²) in [6.07, 6.45) is 5.61. The van der Waals surface area contributed by atoms with E-state index in [1.54, 1.807) is 29.4 Å². The average Bonchev–Trinajstić information content (AvgIpc) is 2.67. The maximum Gasteiger partial charge on any atom is 0.254 e. The molecule has 0 aromatic carbocycles. The minimum atomic E-state index is -0.593. The largest absolute Gasteiger partial charge is 0.396 e. The molecule has 2 aromatic heterocycles. The number of carbonyl (C=O) groups excluding carboxylic acids is 1. The van der Waals surface area contributed by atoms with Gasteiger partial charge >= 0.3 is 0 Å². The number of hydrogen-bond acceptors (Lipinski definition) is 6. The van der Waals surface area contributed by atoms with Gasteiger partial charge in [0, 0.05) is 36.7 Å². The van der Waals surface area contributed by atoms with Crippen molar-refractivity contribution in [2.75, 3.05) is 13.2 Å². The zero-order valence-corrected chi connectivity index (χ0v) is 14.5. The number of carbonyl (C=O) groups is 1. The number of unbranched alkanes of at least 4 members (excludes halogenated alkanes) is 1. The van der Waals surface area contributed by atoms with Crippen molar-refractivity contribution in [2.45, 2.75) is 38.3 Å². The molecule has 0 fully saturated rings. The lowest BCUT2D eigenvalue weighted by molar-refractivity contribution is -0.133. The van der Waals surface area contributed by atoms with E-state index in [0.29, 0.717) is 49.3 Å². The Morgan fingerprint density at radius 2 is 2.12 bits per heavy atom. The summed E-state index contributed by atoms with van der Waals surface area (Å²) >= 11 is 0. The van der Waals surface area contributed by atoms with Crippen LogP contribution in [0.2, 0.25) is 0 Å². The van der Waals surface area contributed by atoms with Gasteiger partial charge in [0.1, 0.15) is 5.82 Å². The summed E-state index contributed by atoms with van der Waals surface area (Å²) in [6.45, 7) is 0.839. The van der Waals surface area contributed by atoms with Gasteiger partial charge in [-0.2, -0.15) is 0 Å². The third-order valence-electron chi connectivity index (χ3n) is 4.58. The highest BCUT2D eigenvalue weighted by Crippen LogP contribution is 2.19. The third-order valence-corrected chi connectivity index (χ3v) is 4.58. The highest BCUT2D eigenvalue weighted by Gasteiger charge is 2.27. The lowest BCUT2D eigenvalue weighted by Crippen LogP contribution is -2.47. The maximum absolute atomic E-state index is 12.6. The average molecular weight is 357 g/mol. The van der Waals surface area contributed by atoms with Gasteiger partial charge in [-0.05, 0) is 37.8 Å². The molecule has 3 rings (SSSR count). The van der Waals surface area contributed by atoms with Gasteiger partial charge < -0.3 is 20.7 Å². The van der Waals surface area contributed by atoms with E-state index in [-0.39, 0.29) is 24.6 Å². The predicted molar refractivity (Wildman–Crippen MR) is 96.1 cm³/mol. The maximum atomic E-state index is 12.6. The van der Waals surface area contributed by atoms with Crippen molar-refractivity contribution in [2.24, 2.45) is 5.73 Å². The van der Waals surface area contributed by atoms with Crippen LogP contribution < -0.4 is 11.3 Å². The van der Waals surface area contributed by atoms with Crippen molar-refractivity contribution in [3.8, 4) is 11.4 Å². The van der Waals surface area contributed by atoms with E-state index in [2.05, 4.69) is 15.0 Å². The molecule has 1 unspecified atom stereocenters. The first-order chi connectivity index (χ1) is 12.6. The van der Waals surface area contributed by atoms with Crippen molar-refractivity contribution in [3.05, 3.63) is 46.1 Å². The summed E-state index contributed by atoms with van der Waals surface area (Å²) in [5.74, 6) is 0.332. The van der Waals surface area contributed by atoms with Crippen LogP contribution in [0, 0.1) is 0 Å². The molecule has 2 aromatic rings. The fraction of sp³-hybridized carbons (Fsp3) is 0.444. The standard InChI is InChI=1S/C18H23N5O3/c19-14(3-1-2-10-24)18(26)23-9-6-13-15(11-23)21-16(22-17(13)25)12-4-7-20-8-5-12/h4-5,7-8,14,24H,1-3,6,9-11,19H2,(H,21,22,25). The number of nitrogens with zero attached hydrogens (tertiary/aromatic N) is 3. The number of hydrogen-bond donors (Lipinski definition) is 3. The number of nitrogens with two attached hydrogens (primary N) is 1. The van der Waals surface area contributed by atoms with Crippen molar-refractivity contribution < 1.29 is 9.90 Å². The molecule has 8 heteroatoms. The Hall–Kier alpha value is -2.58. The summed E-state index contributed by atoms with van der Waals surface area (Å²) in [5, 5.41) is 8.84. The minimum absolute atomic E-state index is 0.0997. The monoisotopic (exact) mass is 357 g/mol. The smallest absolute Gasteiger partial charge is 0.254 e. The first-order valence-electron chi connectivity index (χ1n) is 8.78. The Balaban J connectivity index is 1.78. The number of fused-ring (bicyclic) bond motifs is 1. The Morgan fingerprint density at radius 3 is 2.85 bits per heavy atom. The van der Waals surface area contributed by atoms with Crippen LogP contribution in [0.3, 0.4) is 0 Å². The Kier molecular flexibility index (Phi) is 5.75. The molecule has 0 aliphatic carbocycles. The highest BCUT2D eigenvalue weighted by molar-refractivity contribution is 5.81. The van der Waals surface area contributed by atoms with E-state index in [1.807, 2.05) is 0 Å². The number of rotatable bonds is 6. The molecule has 3 heterocycles. The second-order valence-corrected chi connectivity index (χ2v) is 6.41. The molecular weight excluding hydrogens is 334 g/mol. The molecule has 26 heavy (non-hydrogen) atoms. The van der Waals surface area contributed by atoms with Crippen LogP contribution in [0.15, 0.2) is 29.3 Å². The quantitative estimate of drug-likeness (QED) is 0.635. The lowest BCUT2D eigenvalue weighted by atomic mass is 10.0. The molecule has 1 aliphatic rings. The molecule has 1 aliphatic heterocycles. The Labute approximate surface area is 151 Å². The van der Waals surface area contributed by atoms with E-state index in [9.17, 15) is 9.59 Å². The first-order valence-corrected chi connectivity index (χ1v) is 8.78. The van der Waals surface area contributed by atoms with Crippen LogP contribution in [-0.2, 0) is 17.8 Å². The van der Waals surface area contributed by atoms with Crippen LogP contribution in [0.25, 0.3) is 11.4 Å². The van der Waals surface area contributed by atoms with Gasteiger partial charge in [-0.3, -0.25) is 14.6 Å². The van der Waals surface area contributed by atoms with E-state index in [0.717, 1.165) is 5.56 Å². The molecule has 8 nitrogen and oxygen atoms in total. The number of aliphatic hydroxyl groups is 1. The Morgan fingerprint density at radius 1 is 1.35 bits per heavy atom. The predicted octanol–water partition coefficient (Wildman–Crippen LogP) is 0.206. The molecule has 0 bridgehead atoms. The fourth-order valence-electron chi connectivity index (χ4n) is 3.11. The highest BCUT2D eigenvalue weighted by atomic mass is 16.3. The number of aromatic amines is 1. The van der Waals surface area contributed by atoms with Gasteiger partial charge in [0.05, 0.1) is 18.3 Å². The van der Waals surface area contributed by atoms with Crippen molar-refractivity contribution >= 4 is 5.91 Å². The minimum Gasteiger partial charge on any atom is -0.396 e. The van der Waals surface area contributed by atoms with Crippen LogP contribution in [0.5, 0.6) is 0 Å². The summed E-state index contributed by atoms with van der Waals surface area (Å²) in [4.78, 5) is 37.9. The molecule has 0 saturated heterocycles. The van der Waals surface area contributed by atoms with E-state index >= 15 is 0 Å². The molecule has 138 valence electrons. The van der Waals surface area contributed by atoms with Gasteiger partial charge in [-0.15, -0.1) is 0 Å². The van der Waals surface area contributed by atoms with Gasteiger partial charge in [0.2, 0.25) is 5.91 Å². The van der Waals surface area contributed by atoms with Crippen LogP contribution >= 0.6 is 0 Å². The summed E-state index contributed by atoms with van der Waals surface area (Å²) in [6, 6.07) is 2.95. The number of nitrogens with one attached hydrogen (secondary N) is 1. The molecule has 1 atom stereocenters. The SMILES string of the molecule is NC(CCCCO)C(=O)N1CCc2c(nc(-c3ccncc3)[nH]c2=O)C1. The van der Waals surface area contributed by atoms with Crippen LogP contribution in [0.1, 0.15) is 30.5 Å². The van der Waals surface area contributed by atoms with Gasteiger partial charge in [-0.25, -0.2) is 4.98 Å². The van der Waals surface area contributed by atoms with Crippen LogP contribution in [0.4, 0.5) is 0 Å². The van der Waals surface area contributed by atoms with Crippen molar-refractivity contribution in [1.82, 2.24) is 19.9 Å². The number of aliphatic hydroxyl groups excluding tert-OH is 1. The van der Waals surface area contributed by atoms with Crippen molar-refractivity contribution in [1.29, 1.82) is 0 Å². The lowest BCUT2D eigenvalue weighted by Gasteiger charge is -2.30. The van der Waals surface area contributed by atoms with Crippen molar-refractivity contribution in [3.63, 3.8) is 0 Å². The fourth-order valence-corrected chi connectivity index (χ4v) is 3.11. The van der Waals surface area contributed by atoms with Gasteiger partial charge in [0.15, 0.2) is 0 Å². The van der Waals surface area contributed by atoms with E-state index < -0.39 is 6.04 Å². The number of H-pyrrole nitrogens is 1. The molecular formula is C18H23N5O3. The molecule has 0 radical (unpaired) electrons. The van der Waals surface area contributed by atoms with E-state index in [4.69, 9.17) is 10.8 Å². The van der Waals surface area contributed by atoms with Gasteiger partial charge in [0.25, 0.3) is 5.56 Å². The molecule has 0 spiro atoms. The van der Waals surface area contributed by atoms with Crippen LogP contribution in [-0.4, -0.2) is 50.1 Å². The number of aromatic nitrogens is 3. The first kappa shape index (κ1) is 18.2. The number of amides is 1. The normalized spacial score (nSPS) is 14.8. The third kappa shape index (κ3) is 3.97. The second kappa shape index (κ2) is 8.20. The Bertz CT molecular complexity index is 821.